The largest absolute Gasteiger partial charge is 0.404 e. The lowest BCUT2D eigenvalue weighted by molar-refractivity contribution is -0.155. The number of halogens is 5. The highest BCUT2D eigenvalue weighted by atomic mass is 35.5. The van der Waals surface area contributed by atoms with Crippen LogP contribution in [0.2, 0.25) is 5.02 Å². The Morgan fingerprint density at radius 2 is 2.00 bits per heavy atom. The van der Waals surface area contributed by atoms with E-state index < -0.39 is 18.0 Å². The monoisotopic (exact) mass is 269 g/mol. The van der Waals surface area contributed by atoms with Crippen LogP contribution in [-0.2, 0) is 6.42 Å². The van der Waals surface area contributed by atoms with Gasteiger partial charge in [-0.2, -0.15) is 13.2 Å². The molecule has 1 nitrogen and oxygen atoms in total. The highest BCUT2D eigenvalue weighted by molar-refractivity contribution is 6.31. The van der Waals surface area contributed by atoms with Crippen molar-refractivity contribution in [2.45, 2.75) is 25.6 Å². The van der Waals surface area contributed by atoms with Gasteiger partial charge in [0.15, 0.2) is 0 Å². The summed E-state index contributed by atoms with van der Waals surface area (Å²) in [6.45, 7) is 1.75. The van der Waals surface area contributed by atoms with Gasteiger partial charge in [0.2, 0.25) is 0 Å². The summed E-state index contributed by atoms with van der Waals surface area (Å²) in [5.41, 5.74) is 0.148. The first kappa shape index (κ1) is 14.3. The maximum Gasteiger partial charge on any atom is 0.404 e. The molecule has 0 spiro atoms. The Labute approximate surface area is 102 Å². The zero-order valence-electron chi connectivity index (χ0n) is 9.11. The molecule has 0 radical (unpaired) electrons. The molecule has 96 valence electrons. The molecule has 0 aromatic heterocycles. The number of likely N-dealkylation sites (N-methyl/N-ethyl adjacent to an activating group) is 1. The molecule has 0 aliphatic rings. The van der Waals surface area contributed by atoms with Crippen LogP contribution in [0.5, 0.6) is 0 Å². The molecule has 0 bridgehead atoms. The normalized spacial score (nSPS) is 13.8. The van der Waals surface area contributed by atoms with E-state index in [2.05, 4.69) is 5.32 Å². The van der Waals surface area contributed by atoms with Crippen LogP contribution in [0.25, 0.3) is 0 Å². The van der Waals surface area contributed by atoms with E-state index in [4.69, 9.17) is 11.6 Å². The van der Waals surface area contributed by atoms with Gasteiger partial charge in [-0.3, -0.25) is 0 Å². The minimum atomic E-state index is -4.38. The second-order valence-electron chi connectivity index (χ2n) is 3.57. The van der Waals surface area contributed by atoms with Crippen LogP contribution in [0.15, 0.2) is 18.2 Å². The molecular formula is C11H12ClF4N. The van der Waals surface area contributed by atoms with E-state index in [1.165, 1.54) is 12.1 Å². The molecule has 17 heavy (non-hydrogen) atoms. The fourth-order valence-corrected chi connectivity index (χ4v) is 1.68. The molecule has 1 atom stereocenters. The van der Waals surface area contributed by atoms with E-state index in [0.29, 0.717) is 0 Å². The van der Waals surface area contributed by atoms with Crippen LogP contribution in [0.3, 0.4) is 0 Å². The van der Waals surface area contributed by atoms with Crippen LogP contribution in [-0.4, -0.2) is 18.8 Å². The van der Waals surface area contributed by atoms with Crippen molar-refractivity contribution in [2.75, 3.05) is 6.54 Å². The topological polar surface area (TPSA) is 12.0 Å². The van der Waals surface area contributed by atoms with Crippen molar-refractivity contribution >= 4 is 11.6 Å². The minimum Gasteiger partial charge on any atom is -0.306 e. The lowest BCUT2D eigenvalue weighted by atomic mass is 10.1. The van der Waals surface area contributed by atoms with Gasteiger partial charge >= 0.3 is 6.18 Å². The number of benzene rings is 1. The van der Waals surface area contributed by atoms with Gasteiger partial charge in [0.05, 0.1) is 5.02 Å². The molecule has 0 saturated heterocycles. The Kier molecular flexibility index (Phi) is 4.77. The third-order valence-corrected chi connectivity index (χ3v) is 2.72. The molecule has 1 N–H and O–H groups in total. The third kappa shape index (κ3) is 3.85. The van der Waals surface area contributed by atoms with Crippen molar-refractivity contribution in [3.63, 3.8) is 0 Å². The molecule has 6 heteroatoms. The van der Waals surface area contributed by atoms with E-state index in [9.17, 15) is 17.6 Å². The predicted molar refractivity (Wildman–Crippen MR) is 58.6 cm³/mol. The second kappa shape index (κ2) is 5.69. The van der Waals surface area contributed by atoms with Crippen molar-refractivity contribution in [1.29, 1.82) is 0 Å². The van der Waals surface area contributed by atoms with Gasteiger partial charge < -0.3 is 5.32 Å². The zero-order valence-corrected chi connectivity index (χ0v) is 9.87. The summed E-state index contributed by atoms with van der Waals surface area (Å²) in [4.78, 5) is 0. The lowest BCUT2D eigenvalue weighted by Gasteiger charge is -2.21. The maximum atomic E-state index is 13.1. The second-order valence-corrected chi connectivity index (χ2v) is 3.95. The molecule has 0 aliphatic heterocycles. The molecular weight excluding hydrogens is 258 g/mol. The van der Waals surface area contributed by atoms with E-state index >= 15 is 0 Å². The van der Waals surface area contributed by atoms with Gasteiger partial charge in [-0.05, 0) is 24.6 Å². The maximum absolute atomic E-state index is 13.1. The average Bonchev–Trinajstić information content (AvgIpc) is 2.22. The molecule has 1 rings (SSSR count). The number of hydrogen-bond acceptors (Lipinski definition) is 1. The summed E-state index contributed by atoms with van der Waals surface area (Å²) in [5.74, 6) is -0.707. The molecule has 1 unspecified atom stereocenters. The summed E-state index contributed by atoms with van der Waals surface area (Å²) in [7, 11) is 0. The molecule has 0 saturated carbocycles. The van der Waals surface area contributed by atoms with Gasteiger partial charge in [0, 0.05) is 0 Å². The van der Waals surface area contributed by atoms with Crippen LogP contribution in [0, 0.1) is 5.82 Å². The van der Waals surface area contributed by atoms with Crippen molar-refractivity contribution in [1.82, 2.24) is 5.32 Å². The first-order valence-corrected chi connectivity index (χ1v) is 5.47. The first-order chi connectivity index (χ1) is 7.86. The molecule has 0 fully saturated rings. The zero-order chi connectivity index (χ0) is 13.1. The van der Waals surface area contributed by atoms with Gasteiger partial charge in [-0.25, -0.2) is 4.39 Å². The van der Waals surface area contributed by atoms with E-state index in [1.807, 2.05) is 0 Å². The van der Waals surface area contributed by atoms with Gasteiger partial charge in [0.25, 0.3) is 0 Å². The molecule has 1 aromatic rings. The standard InChI is InChI=1S/C11H12ClF4N/c1-2-17-9(11(14,15)16)6-7-4-3-5-8(13)10(7)12/h3-5,9,17H,2,6H2,1H3. The number of alkyl halides is 3. The molecule has 0 aliphatic carbocycles. The van der Waals surface area contributed by atoms with Crippen LogP contribution in [0.1, 0.15) is 12.5 Å². The van der Waals surface area contributed by atoms with E-state index in [0.717, 1.165) is 6.07 Å². The highest BCUT2D eigenvalue weighted by Crippen LogP contribution is 2.27. The van der Waals surface area contributed by atoms with Crippen molar-refractivity contribution in [3.8, 4) is 0 Å². The minimum absolute atomic E-state index is 0.148. The van der Waals surface area contributed by atoms with Gasteiger partial charge in [-0.1, -0.05) is 30.7 Å². The third-order valence-electron chi connectivity index (χ3n) is 2.30. The van der Waals surface area contributed by atoms with Gasteiger partial charge in [-0.15, -0.1) is 0 Å². The summed E-state index contributed by atoms with van der Waals surface area (Å²) in [6, 6.07) is 2.13. The lowest BCUT2D eigenvalue weighted by Crippen LogP contribution is -2.43. The summed E-state index contributed by atoms with van der Waals surface area (Å²) in [5, 5.41) is 2.06. The molecule has 1 aromatic carbocycles. The smallest absolute Gasteiger partial charge is 0.306 e. The fourth-order valence-electron chi connectivity index (χ4n) is 1.48. The summed E-state index contributed by atoms with van der Waals surface area (Å²) >= 11 is 5.62. The number of rotatable bonds is 4. The average molecular weight is 270 g/mol. The van der Waals surface area contributed by atoms with E-state index in [-0.39, 0.29) is 23.6 Å². The number of nitrogens with one attached hydrogen (secondary N) is 1. The summed E-state index contributed by atoms with van der Waals surface area (Å²) < 4.78 is 51.0. The summed E-state index contributed by atoms with van der Waals surface area (Å²) in [6.07, 6.45) is -4.76. The Balaban J connectivity index is 2.90. The quantitative estimate of drug-likeness (QED) is 0.824. The Morgan fingerprint density at radius 3 is 2.53 bits per heavy atom. The first-order valence-electron chi connectivity index (χ1n) is 5.09. The number of hydrogen-bond donors (Lipinski definition) is 1. The Morgan fingerprint density at radius 1 is 1.35 bits per heavy atom. The molecule has 0 amide bonds. The van der Waals surface area contributed by atoms with Crippen LogP contribution >= 0.6 is 11.6 Å². The predicted octanol–water partition coefficient (Wildman–Crippen LogP) is 3.56. The van der Waals surface area contributed by atoms with E-state index in [1.54, 1.807) is 6.92 Å². The fraction of sp³-hybridized carbons (Fsp3) is 0.455. The van der Waals surface area contributed by atoms with Crippen molar-refractivity contribution < 1.29 is 17.6 Å². The highest BCUT2D eigenvalue weighted by Gasteiger charge is 2.39. The van der Waals surface area contributed by atoms with Gasteiger partial charge in [0.1, 0.15) is 11.9 Å². The van der Waals surface area contributed by atoms with Crippen LogP contribution in [0.4, 0.5) is 17.6 Å². The van der Waals surface area contributed by atoms with Crippen molar-refractivity contribution in [3.05, 3.63) is 34.6 Å². The Bertz CT molecular complexity index is 378. The van der Waals surface area contributed by atoms with Crippen molar-refractivity contribution in [2.24, 2.45) is 0 Å². The molecule has 0 heterocycles. The van der Waals surface area contributed by atoms with Crippen LogP contribution < -0.4 is 5.32 Å². The SMILES string of the molecule is CCNC(Cc1cccc(F)c1Cl)C(F)(F)F. The Hall–Kier alpha value is -0.810.